The Labute approximate surface area is 159 Å². The molecule has 2 aromatic rings. The second kappa shape index (κ2) is 8.16. The fraction of sp³-hybridized carbons (Fsp3) is 0.526. The van der Waals surface area contributed by atoms with Gasteiger partial charge in [0.25, 0.3) is 5.91 Å². The standard InChI is InChI=1S/C19H26N6O2/c1-23-5-6-25-16(14-23)11-17(22-25)19(26)21-13-18(15-3-2-4-20-12-15)24-7-9-27-10-8-24/h2-4,11-12,18H,5-10,13-14H2,1H3,(H,21,26)/t18-/m1/s1. The zero-order chi connectivity index (χ0) is 18.6. The number of nitrogens with one attached hydrogen (secondary N) is 1. The van der Waals surface area contributed by atoms with Crippen molar-refractivity contribution in [2.75, 3.05) is 46.4 Å². The van der Waals surface area contributed by atoms with Crippen molar-refractivity contribution in [3.8, 4) is 0 Å². The number of hydrogen-bond donors (Lipinski definition) is 1. The second-order valence-electron chi connectivity index (χ2n) is 7.14. The maximum absolute atomic E-state index is 12.7. The number of hydrogen-bond acceptors (Lipinski definition) is 6. The summed E-state index contributed by atoms with van der Waals surface area (Å²) in [5, 5.41) is 7.56. The summed E-state index contributed by atoms with van der Waals surface area (Å²) >= 11 is 0. The molecule has 4 heterocycles. The van der Waals surface area contributed by atoms with Gasteiger partial charge in [0.2, 0.25) is 0 Å². The molecule has 0 aliphatic carbocycles. The molecule has 0 unspecified atom stereocenters. The number of nitrogens with zero attached hydrogens (tertiary/aromatic N) is 5. The number of rotatable bonds is 5. The second-order valence-corrected chi connectivity index (χ2v) is 7.14. The molecule has 1 amide bonds. The quantitative estimate of drug-likeness (QED) is 0.827. The Morgan fingerprint density at radius 1 is 1.30 bits per heavy atom. The minimum absolute atomic E-state index is 0.0786. The van der Waals surface area contributed by atoms with E-state index in [2.05, 4.69) is 38.3 Å². The highest BCUT2D eigenvalue weighted by Gasteiger charge is 2.25. The molecule has 2 aliphatic rings. The third-order valence-corrected chi connectivity index (χ3v) is 5.23. The van der Waals surface area contributed by atoms with Gasteiger partial charge in [-0.25, -0.2) is 0 Å². The Kier molecular flexibility index (Phi) is 5.47. The summed E-state index contributed by atoms with van der Waals surface area (Å²) < 4.78 is 7.41. The van der Waals surface area contributed by atoms with E-state index in [1.165, 1.54) is 0 Å². The first kappa shape index (κ1) is 18.1. The average molecular weight is 370 g/mol. The lowest BCUT2D eigenvalue weighted by Gasteiger charge is -2.34. The van der Waals surface area contributed by atoms with E-state index in [1.807, 2.05) is 23.0 Å². The van der Waals surface area contributed by atoms with Crippen LogP contribution in [0.3, 0.4) is 0 Å². The Morgan fingerprint density at radius 3 is 2.93 bits per heavy atom. The van der Waals surface area contributed by atoms with E-state index in [0.717, 1.165) is 44.0 Å². The number of pyridine rings is 1. The van der Waals surface area contributed by atoms with E-state index in [9.17, 15) is 4.79 Å². The lowest BCUT2D eigenvalue weighted by atomic mass is 10.1. The minimum Gasteiger partial charge on any atom is -0.379 e. The lowest BCUT2D eigenvalue weighted by Crippen LogP contribution is -2.43. The first-order valence-electron chi connectivity index (χ1n) is 9.46. The Balaban J connectivity index is 1.45. The summed E-state index contributed by atoms with van der Waals surface area (Å²) in [6, 6.07) is 5.98. The fourth-order valence-electron chi connectivity index (χ4n) is 3.71. The SMILES string of the molecule is CN1CCn2nc(C(=O)NC[C@H](c3cccnc3)N3CCOCC3)cc2C1. The van der Waals surface area contributed by atoms with Crippen LogP contribution in [0.5, 0.6) is 0 Å². The third-order valence-electron chi connectivity index (χ3n) is 5.23. The molecule has 0 bridgehead atoms. The molecule has 1 atom stereocenters. The first-order chi connectivity index (χ1) is 13.2. The van der Waals surface area contributed by atoms with Crippen molar-refractivity contribution in [1.82, 2.24) is 29.9 Å². The van der Waals surface area contributed by atoms with Gasteiger partial charge in [-0.15, -0.1) is 0 Å². The molecule has 2 aromatic heterocycles. The molecule has 0 aromatic carbocycles. The van der Waals surface area contributed by atoms with Crippen molar-refractivity contribution in [2.24, 2.45) is 0 Å². The monoisotopic (exact) mass is 370 g/mol. The highest BCUT2D eigenvalue weighted by molar-refractivity contribution is 5.92. The molecule has 1 saturated heterocycles. The van der Waals surface area contributed by atoms with Crippen LogP contribution < -0.4 is 5.32 Å². The normalized spacial score (nSPS) is 19.4. The lowest BCUT2D eigenvalue weighted by molar-refractivity contribution is 0.0161. The molecule has 4 rings (SSSR count). The predicted molar refractivity (Wildman–Crippen MR) is 100 cm³/mol. The van der Waals surface area contributed by atoms with Crippen LogP contribution in [0.4, 0.5) is 0 Å². The zero-order valence-electron chi connectivity index (χ0n) is 15.7. The number of amides is 1. The van der Waals surface area contributed by atoms with Crippen molar-refractivity contribution < 1.29 is 9.53 Å². The molecule has 0 radical (unpaired) electrons. The summed E-state index contributed by atoms with van der Waals surface area (Å²) in [5.41, 5.74) is 2.68. The van der Waals surface area contributed by atoms with Gasteiger partial charge < -0.3 is 10.1 Å². The minimum atomic E-state index is -0.123. The van der Waals surface area contributed by atoms with Crippen LogP contribution in [0.15, 0.2) is 30.6 Å². The van der Waals surface area contributed by atoms with Crippen LogP contribution in [0.25, 0.3) is 0 Å². The van der Waals surface area contributed by atoms with Gasteiger partial charge in [-0.3, -0.25) is 24.3 Å². The van der Waals surface area contributed by atoms with E-state index in [1.54, 1.807) is 6.20 Å². The third kappa shape index (κ3) is 4.18. The molecule has 8 heteroatoms. The van der Waals surface area contributed by atoms with Gasteiger partial charge in [0.05, 0.1) is 31.5 Å². The molecule has 2 aliphatic heterocycles. The van der Waals surface area contributed by atoms with E-state index in [-0.39, 0.29) is 11.9 Å². The summed E-state index contributed by atoms with van der Waals surface area (Å²) in [4.78, 5) is 21.5. The number of carbonyl (C=O) groups excluding carboxylic acids is 1. The van der Waals surface area contributed by atoms with Gasteiger partial charge >= 0.3 is 0 Å². The number of likely N-dealkylation sites (N-methyl/N-ethyl adjacent to an activating group) is 1. The van der Waals surface area contributed by atoms with Gasteiger partial charge in [0, 0.05) is 45.1 Å². The molecular formula is C19H26N6O2. The Hall–Kier alpha value is -2.29. The molecule has 0 spiro atoms. The van der Waals surface area contributed by atoms with Gasteiger partial charge in [-0.2, -0.15) is 5.10 Å². The smallest absolute Gasteiger partial charge is 0.271 e. The first-order valence-corrected chi connectivity index (χ1v) is 9.46. The molecule has 1 fully saturated rings. The maximum atomic E-state index is 12.7. The summed E-state index contributed by atoms with van der Waals surface area (Å²) in [5.74, 6) is -0.123. The highest BCUT2D eigenvalue weighted by Crippen LogP contribution is 2.20. The van der Waals surface area contributed by atoms with Crippen molar-refractivity contribution in [3.05, 3.63) is 47.5 Å². The van der Waals surface area contributed by atoms with Crippen molar-refractivity contribution in [2.45, 2.75) is 19.1 Å². The molecule has 144 valence electrons. The number of aromatic nitrogens is 3. The van der Waals surface area contributed by atoms with Gasteiger partial charge in [0.1, 0.15) is 5.69 Å². The van der Waals surface area contributed by atoms with E-state index >= 15 is 0 Å². The van der Waals surface area contributed by atoms with Crippen molar-refractivity contribution in [1.29, 1.82) is 0 Å². The molecule has 0 saturated carbocycles. The van der Waals surface area contributed by atoms with Gasteiger partial charge in [-0.05, 0) is 24.7 Å². The highest BCUT2D eigenvalue weighted by atomic mass is 16.5. The van der Waals surface area contributed by atoms with Crippen LogP contribution in [0.2, 0.25) is 0 Å². The van der Waals surface area contributed by atoms with Crippen LogP contribution in [-0.2, 0) is 17.8 Å². The van der Waals surface area contributed by atoms with Gasteiger partial charge in [0.15, 0.2) is 0 Å². The maximum Gasteiger partial charge on any atom is 0.271 e. The van der Waals surface area contributed by atoms with E-state index in [4.69, 9.17) is 4.74 Å². The van der Waals surface area contributed by atoms with Crippen molar-refractivity contribution in [3.63, 3.8) is 0 Å². The summed E-state index contributed by atoms with van der Waals surface area (Å²) in [6.45, 7) is 6.25. The molecule has 27 heavy (non-hydrogen) atoms. The van der Waals surface area contributed by atoms with Crippen molar-refractivity contribution >= 4 is 5.91 Å². The van der Waals surface area contributed by atoms with Crippen LogP contribution in [-0.4, -0.2) is 76.9 Å². The fourth-order valence-corrected chi connectivity index (χ4v) is 3.71. The van der Waals surface area contributed by atoms with Gasteiger partial charge in [-0.1, -0.05) is 6.07 Å². The van der Waals surface area contributed by atoms with Crippen LogP contribution in [0.1, 0.15) is 27.8 Å². The topological polar surface area (TPSA) is 75.5 Å². The predicted octanol–water partition coefficient (Wildman–Crippen LogP) is 0.527. The number of morpholine rings is 1. The van der Waals surface area contributed by atoms with E-state index < -0.39 is 0 Å². The molecular weight excluding hydrogens is 344 g/mol. The zero-order valence-corrected chi connectivity index (χ0v) is 15.7. The molecule has 8 nitrogen and oxygen atoms in total. The van der Waals surface area contributed by atoms with E-state index in [0.29, 0.717) is 25.5 Å². The number of carbonyl (C=O) groups is 1. The Bertz CT molecular complexity index is 772. The largest absolute Gasteiger partial charge is 0.379 e. The number of ether oxygens (including phenoxy) is 1. The molecule has 1 N–H and O–H groups in total. The summed E-state index contributed by atoms with van der Waals surface area (Å²) in [6.07, 6.45) is 3.64. The van der Waals surface area contributed by atoms with Crippen LogP contribution >= 0.6 is 0 Å². The average Bonchev–Trinajstić information content (AvgIpc) is 3.13. The summed E-state index contributed by atoms with van der Waals surface area (Å²) in [7, 11) is 2.08. The van der Waals surface area contributed by atoms with Crippen LogP contribution in [0, 0.1) is 0 Å². The Morgan fingerprint density at radius 2 is 2.15 bits per heavy atom. The number of fused-ring (bicyclic) bond motifs is 1.